The molecule has 3 rings (SSSR count). The zero-order valence-corrected chi connectivity index (χ0v) is 13.9. The topological polar surface area (TPSA) is 77.9 Å². The summed E-state index contributed by atoms with van der Waals surface area (Å²) in [5.74, 6) is 0. The highest BCUT2D eigenvalue weighted by molar-refractivity contribution is 7.86. The van der Waals surface area contributed by atoms with Crippen molar-refractivity contribution in [2.24, 2.45) is 5.16 Å². The van der Waals surface area contributed by atoms with Crippen molar-refractivity contribution < 1.29 is 17.4 Å². The fourth-order valence-electron chi connectivity index (χ4n) is 2.18. The van der Waals surface area contributed by atoms with Crippen LogP contribution in [-0.2, 0) is 19.1 Å². The zero-order valence-electron chi connectivity index (χ0n) is 13.0. The maximum absolute atomic E-state index is 12.1. The molecule has 1 aromatic carbocycles. The molecule has 8 heteroatoms. The highest BCUT2D eigenvalue weighted by Crippen LogP contribution is 2.18. The Bertz CT molecular complexity index is 849. The Balaban J connectivity index is 1.59. The van der Waals surface area contributed by atoms with Crippen molar-refractivity contribution >= 4 is 29.1 Å². The number of aromatic nitrogens is 1. The third-order valence-electron chi connectivity index (χ3n) is 3.53. The molecule has 0 fully saturated rings. The van der Waals surface area contributed by atoms with Gasteiger partial charge < -0.3 is 4.84 Å². The van der Waals surface area contributed by atoms with E-state index in [2.05, 4.69) is 10.1 Å². The largest absolute Gasteiger partial charge is 0.389 e. The van der Waals surface area contributed by atoms with Crippen LogP contribution < -0.4 is 5.46 Å². The highest BCUT2D eigenvalue weighted by Gasteiger charge is 2.26. The molecule has 122 valence electrons. The van der Waals surface area contributed by atoms with Gasteiger partial charge in [-0.15, -0.1) is 0 Å². The van der Waals surface area contributed by atoms with Gasteiger partial charge in [-0.05, 0) is 25.1 Å². The monoisotopic (exact) mass is 342 g/mol. The number of rotatable bonds is 5. The molecule has 0 N–H and O–H groups in total. The number of oxime groups is 1. The molecule has 1 atom stereocenters. The number of nitrogens with zero attached hydrogens (tertiary/aromatic N) is 2. The quantitative estimate of drug-likeness (QED) is 0.600. The predicted octanol–water partition coefficient (Wildman–Crippen LogP) is 1.08. The molecule has 0 aliphatic carbocycles. The average molecular weight is 342 g/mol. The molecule has 0 spiro atoms. The molecule has 0 saturated heterocycles. The molecule has 0 saturated carbocycles. The summed E-state index contributed by atoms with van der Waals surface area (Å²) in [4.78, 5) is 9.51. The lowest BCUT2D eigenvalue weighted by Gasteiger charge is -2.09. The Morgan fingerprint density at radius 2 is 2.00 bits per heavy atom. The molecule has 2 aromatic rings. The van der Waals surface area contributed by atoms with Gasteiger partial charge in [0.1, 0.15) is 20.2 Å². The second kappa shape index (κ2) is 6.74. The van der Waals surface area contributed by atoms with E-state index in [1.54, 1.807) is 24.3 Å². The van der Waals surface area contributed by atoms with Crippen LogP contribution in [-0.4, -0.2) is 39.7 Å². The molecular weight excluding hydrogens is 327 g/mol. The molecule has 6 nitrogen and oxygen atoms in total. The van der Waals surface area contributed by atoms with E-state index in [0.717, 1.165) is 5.56 Å². The van der Waals surface area contributed by atoms with Gasteiger partial charge in [-0.2, -0.15) is 8.42 Å². The third-order valence-corrected chi connectivity index (χ3v) is 4.83. The van der Waals surface area contributed by atoms with E-state index < -0.39 is 16.2 Å². The zero-order chi connectivity index (χ0) is 17.2. The van der Waals surface area contributed by atoms with Crippen LogP contribution in [0.3, 0.4) is 0 Å². The number of pyridine rings is 1. The van der Waals surface area contributed by atoms with Crippen molar-refractivity contribution in [1.29, 1.82) is 0 Å². The molecule has 0 bridgehead atoms. The Hall–Kier alpha value is -2.19. The van der Waals surface area contributed by atoms with Crippen molar-refractivity contribution in [3.63, 3.8) is 0 Å². The van der Waals surface area contributed by atoms with Gasteiger partial charge in [-0.25, -0.2) is 0 Å². The average Bonchev–Trinajstić information content (AvgIpc) is 3.03. The van der Waals surface area contributed by atoms with Crippen molar-refractivity contribution in [2.45, 2.75) is 24.3 Å². The summed E-state index contributed by atoms with van der Waals surface area (Å²) in [7, 11) is 1.78. The predicted molar refractivity (Wildman–Crippen MR) is 90.0 cm³/mol. The van der Waals surface area contributed by atoms with Gasteiger partial charge in [0.25, 0.3) is 10.1 Å². The first-order valence-corrected chi connectivity index (χ1v) is 8.75. The minimum atomic E-state index is -3.82. The number of hydrogen-bond acceptors (Lipinski definition) is 6. The highest BCUT2D eigenvalue weighted by atomic mass is 32.2. The molecule has 2 radical (unpaired) electrons. The van der Waals surface area contributed by atoms with Crippen LogP contribution in [0.4, 0.5) is 0 Å². The molecule has 1 unspecified atom stereocenters. The fraction of sp³-hybridized carbons (Fsp3) is 0.250. The number of aryl methyl sites for hydroxylation is 1. The SMILES string of the molecule is [B]c1ccc(C2=NOC(COS(=O)(=O)c3ccc(C)cc3)C2)nc1. The molecule has 2 heterocycles. The normalized spacial score (nSPS) is 17.4. The molecule has 24 heavy (non-hydrogen) atoms. The summed E-state index contributed by atoms with van der Waals surface area (Å²) < 4.78 is 29.4. The van der Waals surface area contributed by atoms with Gasteiger partial charge >= 0.3 is 0 Å². The van der Waals surface area contributed by atoms with Gasteiger partial charge in [-0.3, -0.25) is 9.17 Å². The Kier molecular flexibility index (Phi) is 4.68. The minimum absolute atomic E-state index is 0.113. The second-order valence-electron chi connectivity index (χ2n) is 5.50. The Morgan fingerprint density at radius 1 is 1.25 bits per heavy atom. The van der Waals surface area contributed by atoms with E-state index in [-0.39, 0.29) is 11.5 Å². The van der Waals surface area contributed by atoms with Gasteiger partial charge in [0, 0.05) is 12.6 Å². The van der Waals surface area contributed by atoms with Crippen LogP contribution in [0, 0.1) is 6.92 Å². The summed E-state index contributed by atoms with van der Waals surface area (Å²) in [5, 5.41) is 3.94. The van der Waals surface area contributed by atoms with Crippen LogP contribution in [0.25, 0.3) is 0 Å². The third kappa shape index (κ3) is 3.83. The first-order valence-electron chi connectivity index (χ1n) is 7.35. The lowest BCUT2D eigenvalue weighted by atomic mass is 9.98. The molecule has 1 aliphatic heterocycles. The van der Waals surface area contributed by atoms with E-state index in [9.17, 15) is 8.42 Å². The van der Waals surface area contributed by atoms with Gasteiger partial charge in [0.15, 0.2) is 6.10 Å². The number of hydrogen-bond donors (Lipinski definition) is 0. The standard InChI is InChI=1S/C16H15BN2O4S/c1-11-2-5-14(6-3-11)24(20,21)22-10-13-8-16(19-23-13)15-7-4-12(17)9-18-15/h2-7,9,13H,8,10H2,1H3. The summed E-state index contributed by atoms with van der Waals surface area (Å²) in [6.07, 6.45) is 1.48. The van der Waals surface area contributed by atoms with Crippen LogP contribution in [0.2, 0.25) is 0 Å². The minimum Gasteiger partial charge on any atom is -0.389 e. The molecule has 1 aliphatic rings. The number of benzene rings is 1. The van der Waals surface area contributed by atoms with Crippen LogP contribution in [0.5, 0.6) is 0 Å². The maximum Gasteiger partial charge on any atom is 0.297 e. The van der Waals surface area contributed by atoms with E-state index in [1.807, 2.05) is 6.92 Å². The Morgan fingerprint density at radius 3 is 2.67 bits per heavy atom. The first-order chi connectivity index (χ1) is 11.4. The van der Waals surface area contributed by atoms with Crippen molar-refractivity contribution in [3.8, 4) is 0 Å². The summed E-state index contributed by atoms with van der Waals surface area (Å²) in [5.41, 5.74) is 2.81. The maximum atomic E-state index is 12.1. The van der Waals surface area contributed by atoms with Crippen LogP contribution >= 0.6 is 0 Å². The van der Waals surface area contributed by atoms with Crippen molar-refractivity contribution in [1.82, 2.24) is 4.98 Å². The molecular formula is C16H15BN2O4S. The van der Waals surface area contributed by atoms with Crippen LogP contribution in [0.1, 0.15) is 17.7 Å². The first kappa shape index (κ1) is 16.7. The smallest absolute Gasteiger partial charge is 0.297 e. The second-order valence-corrected chi connectivity index (χ2v) is 7.11. The van der Waals surface area contributed by atoms with E-state index >= 15 is 0 Å². The molecule has 0 amide bonds. The lowest BCUT2D eigenvalue weighted by molar-refractivity contribution is 0.0490. The summed E-state index contributed by atoms with van der Waals surface area (Å²) in [6.45, 7) is 1.77. The van der Waals surface area contributed by atoms with Crippen LogP contribution in [0.15, 0.2) is 52.6 Å². The van der Waals surface area contributed by atoms with E-state index in [1.165, 1.54) is 18.3 Å². The van der Waals surface area contributed by atoms with E-state index in [4.69, 9.17) is 16.9 Å². The van der Waals surface area contributed by atoms with Crippen molar-refractivity contribution in [2.75, 3.05) is 6.61 Å². The van der Waals surface area contributed by atoms with Gasteiger partial charge in [0.05, 0.1) is 10.6 Å². The summed E-state index contributed by atoms with van der Waals surface area (Å²) >= 11 is 0. The molecule has 1 aromatic heterocycles. The van der Waals surface area contributed by atoms with E-state index in [0.29, 0.717) is 23.3 Å². The van der Waals surface area contributed by atoms with Crippen molar-refractivity contribution in [3.05, 3.63) is 53.9 Å². The van der Waals surface area contributed by atoms with Gasteiger partial charge in [0.2, 0.25) is 0 Å². The fourth-order valence-corrected chi connectivity index (χ4v) is 3.12. The summed E-state index contributed by atoms with van der Waals surface area (Å²) in [6, 6.07) is 9.92. The Labute approximate surface area is 142 Å². The van der Waals surface area contributed by atoms with Gasteiger partial charge in [-0.1, -0.05) is 34.4 Å². The lowest BCUT2D eigenvalue weighted by Crippen LogP contribution is -2.20.